The molecule has 1 saturated heterocycles. The Morgan fingerprint density at radius 2 is 2.11 bits per heavy atom. The number of halogens is 2. The van der Waals surface area contributed by atoms with Crippen LogP contribution in [0.4, 0.5) is 0 Å². The molecule has 0 bridgehead atoms. The second-order valence-corrected chi connectivity index (χ2v) is 6.19. The number of rotatable bonds is 2. The number of hydrogen-bond donors (Lipinski definition) is 0. The quantitative estimate of drug-likeness (QED) is 0.822. The van der Waals surface area contributed by atoms with Gasteiger partial charge in [0.15, 0.2) is 0 Å². The lowest BCUT2D eigenvalue weighted by Gasteiger charge is -2.21. The largest absolute Gasteiger partial charge is 0.342 e. The lowest BCUT2D eigenvalue weighted by Crippen LogP contribution is -2.33. The third-order valence-electron chi connectivity index (χ3n) is 3.44. The molecule has 0 aromatic heterocycles. The van der Waals surface area contributed by atoms with Gasteiger partial charge < -0.3 is 4.90 Å². The van der Waals surface area contributed by atoms with Crippen molar-refractivity contribution in [1.82, 2.24) is 9.80 Å². The lowest BCUT2D eigenvalue weighted by atomic mass is 10.2. The second-order valence-electron chi connectivity index (χ2n) is 4.87. The molecule has 0 unspecified atom stereocenters. The van der Waals surface area contributed by atoms with Crippen LogP contribution < -0.4 is 0 Å². The van der Waals surface area contributed by atoms with Crippen LogP contribution in [-0.2, 0) is 11.3 Å². The maximum atomic E-state index is 11.4. The van der Waals surface area contributed by atoms with Crippen LogP contribution in [0.5, 0.6) is 0 Å². The van der Waals surface area contributed by atoms with E-state index < -0.39 is 0 Å². The van der Waals surface area contributed by atoms with Crippen LogP contribution >= 0.6 is 27.5 Å². The van der Waals surface area contributed by atoms with Crippen molar-refractivity contribution in [3.63, 3.8) is 0 Å². The first-order valence-corrected chi connectivity index (χ1v) is 7.65. The summed E-state index contributed by atoms with van der Waals surface area (Å²) in [6.07, 6.45) is 1.02. The first-order chi connectivity index (χ1) is 9.06. The Hall–Kier alpha value is -0.580. The highest BCUT2D eigenvalue weighted by Gasteiger charge is 2.17. The Kier molecular flexibility index (Phi) is 5.25. The zero-order valence-electron chi connectivity index (χ0n) is 11.0. The molecule has 2 rings (SSSR count). The van der Waals surface area contributed by atoms with Crippen molar-refractivity contribution < 1.29 is 4.79 Å². The summed E-state index contributed by atoms with van der Waals surface area (Å²) in [5, 5.41) is 0.802. The molecule has 1 aliphatic heterocycles. The number of amides is 1. The minimum Gasteiger partial charge on any atom is -0.342 e. The SMILES string of the molecule is CC(=O)N1CCCN(Cc2cc(Br)ccc2Cl)CC1. The van der Waals surface area contributed by atoms with Crippen LogP contribution in [0.15, 0.2) is 22.7 Å². The molecule has 1 heterocycles. The number of carbonyl (C=O) groups excluding carboxylic acids is 1. The minimum atomic E-state index is 0.169. The molecule has 0 spiro atoms. The van der Waals surface area contributed by atoms with Gasteiger partial charge in [0.25, 0.3) is 0 Å². The molecular formula is C14H18BrClN2O. The Labute approximate surface area is 127 Å². The van der Waals surface area contributed by atoms with Crippen molar-refractivity contribution in [3.05, 3.63) is 33.3 Å². The molecule has 1 fully saturated rings. The summed E-state index contributed by atoms with van der Waals surface area (Å²) in [5.41, 5.74) is 1.13. The van der Waals surface area contributed by atoms with E-state index in [9.17, 15) is 4.79 Å². The van der Waals surface area contributed by atoms with E-state index >= 15 is 0 Å². The van der Waals surface area contributed by atoms with Gasteiger partial charge in [-0.3, -0.25) is 9.69 Å². The van der Waals surface area contributed by atoms with Crippen molar-refractivity contribution >= 4 is 33.4 Å². The summed E-state index contributed by atoms with van der Waals surface area (Å²) >= 11 is 9.70. The number of benzene rings is 1. The molecule has 19 heavy (non-hydrogen) atoms. The van der Waals surface area contributed by atoms with Gasteiger partial charge in [-0.2, -0.15) is 0 Å². The standard InChI is InChI=1S/C14H18BrClN2O/c1-11(19)18-6-2-5-17(7-8-18)10-12-9-13(15)3-4-14(12)16/h3-4,9H,2,5-8,10H2,1H3. The van der Waals surface area contributed by atoms with Gasteiger partial charge >= 0.3 is 0 Å². The zero-order valence-corrected chi connectivity index (χ0v) is 13.4. The fourth-order valence-electron chi connectivity index (χ4n) is 2.35. The van der Waals surface area contributed by atoms with Crippen LogP contribution in [-0.4, -0.2) is 41.9 Å². The van der Waals surface area contributed by atoms with Crippen LogP contribution in [0.3, 0.4) is 0 Å². The second kappa shape index (κ2) is 6.73. The van der Waals surface area contributed by atoms with E-state index in [-0.39, 0.29) is 5.91 Å². The van der Waals surface area contributed by atoms with E-state index in [0.717, 1.165) is 54.2 Å². The maximum absolute atomic E-state index is 11.4. The van der Waals surface area contributed by atoms with E-state index in [0.29, 0.717) is 0 Å². The molecule has 1 aromatic rings. The molecule has 1 aliphatic rings. The predicted molar refractivity (Wildman–Crippen MR) is 81.3 cm³/mol. The Morgan fingerprint density at radius 1 is 1.32 bits per heavy atom. The molecular weight excluding hydrogens is 328 g/mol. The van der Waals surface area contributed by atoms with Gasteiger partial charge in [-0.15, -0.1) is 0 Å². The summed E-state index contributed by atoms with van der Waals surface area (Å²) in [6, 6.07) is 5.93. The van der Waals surface area contributed by atoms with E-state index in [1.54, 1.807) is 6.92 Å². The van der Waals surface area contributed by atoms with E-state index in [2.05, 4.69) is 26.9 Å². The van der Waals surface area contributed by atoms with Crippen molar-refractivity contribution in [2.75, 3.05) is 26.2 Å². The van der Waals surface area contributed by atoms with Gasteiger partial charge in [0.1, 0.15) is 0 Å². The van der Waals surface area contributed by atoms with E-state index in [1.807, 2.05) is 17.0 Å². The summed E-state index contributed by atoms with van der Waals surface area (Å²) in [7, 11) is 0. The molecule has 0 N–H and O–H groups in total. The highest BCUT2D eigenvalue weighted by molar-refractivity contribution is 9.10. The van der Waals surface area contributed by atoms with Gasteiger partial charge in [-0.05, 0) is 30.2 Å². The van der Waals surface area contributed by atoms with E-state index in [4.69, 9.17) is 11.6 Å². The van der Waals surface area contributed by atoms with Crippen molar-refractivity contribution in [2.45, 2.75) is 19.9 Å². The Bertz CT molecular complexity index is 467. The van der Waals surface area contributed by atoms with Gasteiger partial charge in [0, 0.05) is 49.1 Å². The average molecular weight is 346 g/mol. The predicted octanol–water partition coefficient (Wildman–Crippen LogP) is 3.16. The topological polar surface area (TPSA) is 23.6 Å². The smallest absolute Gasteiger partial charge is 0.219 e. The molecule has 104 valence electrons. The fraction of sp³-hybridized carbons (Fsp3) is 0.500. The van der Waals surface area contributed by atoms with Crippen LogP contribution in [0, 0.1) is 0 Å². The van der Waals surface area contributed by atoms with Gasteiger partial charge in [-0.25, -0.2) is 0 Å². The van der Waals surface area contributed by atoms with E-state index in [1.165, 1.54) is 0 Å². The summed E-state index contributed by atoms with van der Waals surface area (Å²) < 4.78 is 1.05. The molecule has 5 heteroatoms. The first kappa shape index (κ1) is 14.8. The van der Waals surface area contributed by atoms with Crippen molar-refractivity contribution in [1.29, 1.82) is 0 Å². The summed E-state index contributed by atoms with van der Waals surface area (Å²) in [4.78, 5) is 15.7. The summed E-state index contributed by atoms with van der Waals surface area (Å²) in [6.45, 7) is 6.05. The molecule has 0 saturated carbocycles. The van der Waals surface area contributed by atoms with Gasteiger partial charge in [0.05, 0.1) is 0 Å². The Morgan fingerprint density at radius 3 is 2.84 bits per heavy atom. The minimum absolute atomic E-state index is 0.169. The van der Waals surface area contributed by atoms with Crippen molar-refractivity contribution in [3.8, 4) is 0 Å². The van der Waals surface area contributed by atoms with Crippen molar-refractivity contribution in [2.24, 2.45) is 0 Å². The van der Waals surface area contributed by atoms with Crippen LogP contribution in [0.1, 0.15) is 18.9 Å². The molecule has 1 aromatic carbocycles. The monoisotopic (exact) mass is 344 g/mol. The Balaban J connectivity index is 1.99. The number of hydrogen-bond acceptors (Lipinski definition) is 2. The first-order valence-electron chi connectivity index (χ1n) is 6.48. The van der Waals surface area contributed by atoms with Gasteiger partial charge in [-0.1, -0.05) is 27.5 Å². The molecule has 0 atom stereocenters. The highest BCUT2D eigenvalue weighted by atomic mass is 79.9. The molecule has 0 aliphatic carbocycles. The third-order valence-corrected chi connectivity index (χ3v) is 4.30. The number of carbonyl (C=O) groups is 1. The maximum Gasteiger partial charge on any atom is 0.219 e. The summed E-state index contributed by atoms with van der Waals surface area (Å²) in [5.74, 6) is 0.169. The normalized spacial score (nSPS) is 17.3. The van der Waals surface area contributed by atoms with Gasteiger partial charge in [0.2, 0.25) is 5.91 Å². The highest BCUT2D eigenvalue weighted by Crippen LogP contribution is 2.22. The van der Waals surface area contributed by atoms with Crippen LogP contribution in [0.25, 0.3) is 0 Å². The number of nitrogens with zero attached hydrogens (tertiary/aromatic N) is 2. The molecule has 3 nitrogen and oxygen atoms in total. The lowest BCUT2D eigenvalue weighted by molar-refractivity contribution is -0.128. The average Bonchev–Trinajstić information content (AvgIpc) is 2.59. The zero-order chi connectivity index (χ0) is 13.8. The van der Waals surface area contributed by atoms with Crippen LogP contribution in [0.2, 0.25) is 5.02 Å². The third kappa shape index (κ3) is 4.20. The molecule has 1 amide bonds. The molecule has 0 radical (unpaired) electrons. The fourth-order valence-corrected chi connectivity index (χ4v) is 2.94.